The van der Waals surface area contributed by atoms with Gasteiger partial charge in [-0.2, -0.15) is 0 Å². The molecule has 6 N–H and O–H groups in total. The van der Waals surface area contributed by atoms with Crippen molar-refractivity contribution in [3.8, 4) is 0 Å². The number of ether oxygens (including phenoxy) is 1. The van der Waals surface area contributed by atoms with Crippen LogP contribution in [0.2, 0.25) is 0 Å². The predicted octanol–water partition coefficient (Wildman–Crippen LogP) is -3.00. The summed E-state index contributed by atoms with van der Waals surface area (Å²) in [6.45, 7) is -0.488. The first-order valence-corrected chi connectivity index (χ1v) is 5.72. The number of thioether (sulfide) groups is 1. The minimum Gasteiger partial charge on any atom is -0.394 e. The summed E-state index contributed by atoms with van der Waals surface area (Å²) in [7, 11) is 0. The molecule has 7 nitrogen and oxygen atoms in total. The molecule has 1 amide bonds. The van der Waals surface area contributed by atoms with Crippen molar-refractivity contribution in [2.75, 3.05) is 12.4 Å². The molecule has 0 bridgehead atoms. The van der Waals surface area contributed by atoms with Gasteiger partial charge in [0.25, 0.3) is 0 Å². The van der Waals surface area contributed by atoms with E-state index in [2.05, 4.69) is 0 Å². The van der Waals surface area contributed by atoms with E-state index in [1.807, 2.05) is 0 Å². The fourth-order valence-electron chi connectivity index (χ4n) is 1.37. The second-order valence-corrected chi connectivity index (χ2v) is 4.56. The molecule has 94 valence electrons. The Balaban J connectivity index is 2.60. The molecule has 0 aliphatic carbocycles. The quantitative estimate of drug-likeness (QED) is 0.360. The molecule has 0 spiro atoms. The smallest absolute Gasteiger partial charge is 0.227 e. The summed E-state index contributed by atoms with van der Waals surface area (Å²) >= 11 is 0.909. The van der Waals surface area contributed by atoms with Crippen molar-refractivity contribution in [1.82, 2.24) is 0 Å². The number of aliphatic hydroxyl groups excluding tert-OH is 4. The fourth-order valence-corrected chi connectivity index (χ4v) is 2.28. The van der Waals surface area contributed by atoms with Crippen LogP contribution in [0, 0.1) is 0 Å². The van der Waals surface area contributed by atoms with Crippen molar-refractivity contribution in [1.29, 1.82) is 0 Å². The van der Waals surface area contributed by atoms with Gasteiger partial charge in [0.1, 0.15) is 29.9 Å². The van der Waals surface area contributed by atoms with Crippen LogP contribution in [-0.2, 0) is 9.53 Å². The largest absolute Gasteiger partial charge is 0.394 e. The fraction of sp³-hybridized carbons (Fsp3) is 0.875. The molecule has 0 aromatic heterocycles. The highest BCUT2D eigenvalue weighted by molar-refractivity contribution is 8.00. The number of primary amides is 1. The molecular formula is C8H15NO6S. The van der Waals surface area contributed by atoms with E-state index in [-0.39, 0.29) is 5.75 Å². The highest BCUT2D eigenvalue weighted by Gasteiger charge is 2.43. The molecule has 16 heavy (non-hydrogen) atoms. The topological polar surface area (TPSA) is 133 Å². The Bertz CT molecular complexity index is 251. The van der Waals surface area contributed by atoms with Gasteiger partial charge in [0.05, 0.1) is 12.4 Å². The summed E-state index contributed by atoms with van der Waals surface area (Å²) in [4.78, 5) is 10.5. The Morgan fingerprint density at radius 1 is 1.25 bits per heavy atom. The van der Waals surface area contributed by atoms with Crippen molar-refractivity contribution in [3.63, 3.8) is 0 Å². The van der Waals surface area contributed by atoms with Gasteiger partial charge < -0.3 is 30.9 Å². The van der Waals surface area contributed by atoms with E-state index in [1.165, 1.54) is 0 Å². The number of rotatable bonds is 4. The van der Waals surface area contributed by atoms with Gasteiger partial charge >= 0.3 is 0 Å². The zero-order valence-electron chi connectivity index (χ0n) is 8.39. The van der Waals surface area contributed by atoms with Gasteiger partial charge in [-0.25, -0.2) is 0 Å². The molecular weight excluding hydrogens is 238 g/mol. The summed E-state index contributed by atoms with van der Waals surface area (Å²) in [5, 5.41) is 37.3. The first-order valence-electron chi connectivity index (χ1n) is 4.67. The van der Waals surface area contributed by atoms with Crippen molar-refractivity contribution in [2.45, 2.75) is 29.9 Å². The third kappa shape index (κ3) is 3.06. The van der Waals surface area contributed by atoms with Crippen LogP contribution in [0.4, 0.5) is 0 Å². The first-order chi connectivity index (χ1) is 7.47. The minimum absolute atomic E-state index is 0.0807. The second kappa shape index (κ2) is 5.80. The number of aliphatic hydroxyl groups is 4. The van der Waals surface area contributed by atoms with Crippen LogP contribution in [0.15, 0.2) is 0 Å². The van der Waals surface area contributed by atoms with E-state index in [4.69, 9.17) is 15.6 Å². The summed E-state index contributed by atoms with van der Waals surface area (Å²) in [6, 6.07) is 0. The van der Waals surface area contributed by atoms with Crippen LogP contribution in [-0.4, -0.2) is 68.5 Å². The number of hydrogen-bond acceptors (Lipinski definition) is 7. The molecule has 0 aromatic rings. The molecule has 1 saturated heterocycles. The molecule has 1 rings (SSSR count). The Labute approximate surface area is 96.2 Å². The number of carbonyl (C=O) groups excluding carboxylic acids is 1. The maximum atomic E-state index is 10.5. The predicted molar refractivity (Wildman–Crippen MR) is 55.4 cm³/mol. The summed E-state index contributed by atoms with van der Waals surface area (Å²) in [6.07, 6.45) is -5.09. The lowest BCUT2D eigenvalue weighted by Crippen LogP contribution is -2.57. The van der Waals surface area contributed by atoms with Crippen LogP contribution in [0.3, 0.4) is 0 Å². The monoisotopic (exact) mass is 253 g/mol. The highest BCUT2D eigenvalue weighted by atomic mass is 32.2. The Morgan fingerprint density at radius 3 is 2.38 bits per heavy atom. The van der Waals surface area contributed by atoms with Gasteiger partial charge in [0.2, 0.25) is 5.91 Å². The number of hydrogen-bond donors (Lipinski definition) is 5. The third-order valence-corrected chi connectivity index (χ3v) is 3.41. The van der Waals surface area contributed by atoms with Gasteiger partial charge in [-0.3, -0.25) is 4.79 Å². The highest BCUT2D eigenvalue weighted by Crippen LogP contribution is 2.28. The summed E-state index contributed by atoms with van der Waals surface area (Å²) < 4.78 is 5.13. The minimum atomic E-state index is -1.42. The van der Waals surface area contributed by atoms with E-state index < -0.39 is 42.4 Å². The van der Waals surface area contributed by atoms with Gasteiger partial charge in [-0.15, -0.1) is 11.8 Å². The van der Waals surface area contributed by atoms with Crippen molar-refractivity contribution in [2.24, 2.45) is 5.73 Å². The SMILES string of the molecule is NC(=O)CS[C@H]1O[C@@H](CO)[C@H](O)[C@@H](O)[C@@H]1O. The molecule has 1 heterocycles. The van der Waals surface area contributed by atoms with Crippen LogP contribution in [0.1, 0.15) is 0 Å². The lowest BCUT2D eigenvalue weighted by Gasteiger charge is -2.39. The van der Waals surface area contributed by atoms with Crippen molar-refractivity contribution >= 4 is 17.7 Å². The molecule has 5 atom stereocenters. The molecule has 1 aliphatic rings. The Kier molecular flexibility index (Phi) is 4.96. The molecule has 0 saturated carbocycles. The molecule has 1 aliphatic heterocycles. The average Bonchev–Trinajstić information content (AvgIpc) is 2.25. The van der Waals surface area contributed by atoms with Crippen LogP contribution < -0.4 is 5.73 Å². The molecule has 0 radical (unpaired) electrons. The zero-order chi connectivity index (χ0) is 12.3. The van der Waals surface area contributed by atoms with E-state index in [1.54, 1.807) is 0 Å². The maximum absolute atomic E-state index is 10.5. The van der Waals surface area contributed by atoms with Crippen LogP contribution in [0.5, 0.6) is 0 Å². The van der Waals surface area contributed by atoms with Gasteiger partial charge in [-0.05, 0) is 0 Å². The zero-order valence-corrected chi connectivity index (χ0v) is 9.21. The molecule has 0 aromatic carbocycles. The van der Waals surface area contributed by atoms with Crippen LogP contribution in [0.25, 0.3) is 0 Å². The first kappa shape index (κ1) is 13.7. The van der Waals surface area contributed by atoms with Gasteiger partial charge in [-0.1, -0.05) is 0 Å². The summed E-state index contributed by atoms with van der Waals surface area (Å²) in [5.41, 5.74) is 4.03. The normalized spacial score (nSPS) is 39.6. The molecule has 1 fully saturated rings. The standard InChI is InChI=1S/C8H15NO6S/c9-4(11)2-16-8-7(14)6(13)5(12)3(1-10)15-8/h3,5-8,10,12-14H,1-2H2,(H2,9,11)/t3-,5-,6+,7-,8+/m0/s1. The second-order valence-electron chi connectivity index (χ2n) is 3.47. The average molecular weight is 253 g/mol. The number of amides is 1. The summed E-state index contributed by atoms with van der Waals surface area (Å²) in [5.74, 6) is -0.662. The molecule has 8 heteroatoms. The lowest BCUT2D eigenvalue weighted by molar-refractivity contribution is -0.205. The lowest BCUT2D eigenvalue weighted by atomic mass is 10.0. The van der Waals surface area contributed by atoms with Gasteiger partial charge in [0, 0.05) is 0 Å². The van der Waals surface area contributed by atoms with E-state index in [9.17, 15) is 20.1 Å². The van der Waals surface area contributed by atoms with Gasteiger partial charge in [0.15, 0.2) is 0 Å². The third-order valence-electron chi connectivity index (χ3n) is 2.24. The Hall–Kier alpha value is -0.380. The molecule has 0 unspecified atom stereocenters. The van der Waals surface area contributed by atoms with Crippen molar-refractivity contribution in [3.05, 3.63) is 0 Å². The van der Waals surface area contributed by atoms with Crippen molar-refractivity contribution < 1.29 is 30.0 Å². The number of carbonyl (C=O) groups is 1. The van der Waals surface area contributed by atoms with E-state index in [0.29, 0.717) is 0 Å². The van der Waals surface area contributed by atoms with E-state index >= 15 is 0 Å². The Morgan fingerprint density at radius 2 is 1.88 bits per heavy atom. The van der Waals surface area contributed by atoms with E-state index in [0.717, 1.165) is 11.8 Å². The maximum Gasteiger partial charge on any atom is 0.227 e. The van der Waals surface area contributed by atoms with Crippen LogP contribution >= 0.6 is 11.8 Å². The number of nitrogens with two attached hydrogens (primary N) is 1.